The highest BCUT2D eigenvalue weighted by Gasteiger charge is 2.57. The van der Waals surface area contributed by atoms with E-state index in [-0.39, 0.29) is 24.1 Å². The fourth-order valence-electron chi connectivity index (χ4n) is 5.48. The van der Waals surface area contributed by atoms with E-state index in [1.165, 1.54) is 11.3 Å². The largest absolute Gasteiger partial charge is 0.351 e. The fraction of sp³-hybridized carbons (Fsp3) is 0.156. The number of ketones is 1. The number of likely N-dealkylation sites (tertiary alicyclic amines) is 1. The Hall–Kier alpha value is -3.52. The molecule has 0 saturated carbocycles. The van der Waals surface area contributed by atoms with Crippen LogP contribution in [0.25, 0.3) is 0 Å². The molecule has 4 aromatic rings. The molecule has 1 aliphatic rings. The summed E-state index contributed by atoms with van der Waals surface area (Å²) >= 11 is 11.1. The molecule has 1 aliphatic heterocycles. The van der Waals surface area contributed by atoms with E-state index in [0.717, 1.165) is 15.6 Å². The van der Waals surface area contributed by atoms with Crippen LogP contribution in [0.1, 0.15) is 43.1 Å². The number of rotatable bonds is 8. The van der Waals surface area contributed by atoms with Crippen molar-refractivity contribution in [1.29, 1.82) is 0 Å². The maximum absolute atomic E-state index is 14.4. The number of benzene rings is 3. The van der Waals surface area contributed by atoms with Gasteiger partial charge < -0.3 is 10.2 Å². The summed E-state index contributed by atoms with van der Waals surface area (Å²) in [7, 11) is 0. The molecule has 1 N–H and O–H groups in total. The molecule has 2 heterocycles. The lowest BCUT2D eigenvalue weighted by atomic mass is 9.77. The van der Waals surface area contributed by atoms with Crippen LogP contribution < -0.4 is 5.32 Å². The summed E-state index contributed by atoms with van der Waals surface area (Å²) in [5, 5.41) is 5.30. The summed E-state index contributed by atoms with van der Waals surface area (Å²) in [6.45, 7) is 3.95. The third kappa shape index (κ3) is 5.55. The molecule has 8 heteroatoms. The normalized spacial score (nSPS) is 20.2. The van der Waals surface area contributed by atoms with Crippen molar-refractivity contribution in [3.8, 4) is 0 Å². The Morgan fingerprint density at radius 3 is 2.35 bits per heavy atom. The monoisotopic (exact) mass is 632 g/mol. The molecule has 2 amide bonds. The highest BCUT2D eigenvalue weighted by Crippen LogP contribution is 2.52. The predicted octanol–water partition coefficient (Wildman–Crippen LogP) is 7.31. The number of Topliss-reactive ketones (excluding diaryl/α,β-unsaturated/α-hetero) is 1. The van der Waals surface area contributed by atoms with Crippen LogP contribution in [-0.4, -0.2) is 35.1 Å². The van der Waals surface area contributed by atoms with Gasteiger partial charge in [-0.05, 0) is 52.9 Å². The van der Waals surface area contributed by atoms with Crippen molar-refractivity contribution in [3.05, 3.63) is 140 Å². The molecule has 202 valence electrons. The van der Waals surface area contributed by atoms with Crippen LogP contribution in [0.2, 0.25) is 5.02 Å². The molecule has 0 spiro atoms. The van der Waals surface area contributed by atoms with Crippen molar-refractivity contribution < 1.29 is 14.4 Å². The van der Waals surface area contributed by atoms with Gasteiger partial charge in [-0.15, -0.1) is 17.9 Å². The van der Waals surface area contributed by atoms with Gasteiger partial charge in [0.1, 0.15) is 6.04 Å². The zero-order valence-corrected chi connectivity index (χ0v) is 24.5. The van der Waals surface area contributed by atoms with E-state index in [1.54, 1.807) is 47.4 Å². The number of amides is 2. The number of hydrogen-bond acceptors (Lipinski definition) is 4. The Kier molecular flexibility index (Phi) is 8.64. The summed E-state index contributed by atoms with van der Waals surface area (Å²) in [4.78, 5) is 45.0. The van der Waals surface area contributed by atoms with Gasteiger partial charge in [0.05, 0.1) is 16.8 Å². The first-order valence-corrected chi connectivity index (χ1v) is 14.8. The van der Waals surface area contributed by atoms with Crippen LogP contribution in [0.3, 0.4) is 0 Å². The lowest BCUT2D eigenvalue weighted by Gasteiger charge is -2.31. The first-order chi connectivity index (χ1) is 19.4. The van der Waals surface area contributed by atoms with Gasteiger partial charge in [0.25, 0.3) is 5.91 Å². The minimum absolute atomic E-state index is 0.116. The maximum Gasteiger partial charge on any atom is 0.255 e. The third-order valence-electron chi connectivity index (χ3n) is 7.12. The molecule has 4 atom stereocenters. The second kappa shape index (κ2) is 12.3. The van der Waals surface area contributed by atoms with E-state index in [4.69, 9.17) is 11.6 Å². The average Bonchev–Trinajstić information content (AvgIpc) is 3.63. The van der Waals surface area contributed by atoms with Gasteiger partial charge >= 0.3 is 0 Å². The lowest BCUT2D eigenvalue weighted by Crippen LogP contribution is -2.48. The summed E-state index contributed by atoms with van der Waals surface area (Å²) in [6, 6.07) is 25.6. The van der Waals surface area contributed by atoms with Gasteiger partial charge in [-0.2, -0.15) is 0 Å². The number of carbonyl (C=O) groups is 3. The minimum Gasteiger partial charge on any atom is -0.351 e. The quantitative estimate of drug-likeness (QED) is 0.163. The number of nitrogens with zero attached hydrogens (tertiary/aromatic N) is 1. The number of halogens is 2. The van der Waals surface area contributed by atoms with Crippen LogP contribution in [0.15, 0.2) is 114 Å². The number of nitrogens with one attached hydrogen (secondary N) is 1. The Labute approximate surface area is 250 Å². The van der Waals surface area contributed by atoms with E-state index in [9.17, 15) is 14.4 Å². The van der Waals surface area contributed by atoms with E-state index >= 15 is 0 Å². The summed E-state index contributed by atoms with van der Waals surface area (Å²) < 4.78 is 0.738. The van der Waals surface area contributed by atoms with Crippen LogP contribution >= 0.6 is 38.9 Å². The highest BCUT2D eigenvalue weighted by atomic mass is 79.9. The van der Waals surface area contributed by atoms with E-state index in [0.29, 0.717) is 15.5 Å². The molecular formula is C32H26BrClN2O3S. The lowest BCUT2D eigenvalue weighted by molar-refractivity contribution is -0.125. The van der Waals surface area contributed by atoms with E-state index in [2.05, 4.69) is 27.8 Å². The van der Waals surface area contributed by atoms with Crippen molar-refractivity contribution in [2.24, 2.45) is 5.92 Å². The molecule has 1 aromatic heterocycles. The van der Waals surface area contributed by atoms with Crippen molar-refractivity contribution >= 4 is 56.5 Å². The standard InChI is InChI=1S/C32H26BrClN2O3S/c1-2-17-35-31(38)29-26(20-13-15-24(34)16-14-20)27(30(37)25-12-7-18-40-25)28(21-8-4-3-5-9-21)36(29)32(39)22-10-6-11-23(33)19-22/h2-16,18-19,26-29H,1,17H2,(H,35,38). The Morgan fingerprint density at radius 1 is 0.950 bits per heavy atom. The predicted molar refractivity (Wildman–Crippen MR) is 163 cm³/mol. The van der Waals surface area contributed by atoms with Gasteiger partial charge in [0, 0.05) is 27.5 Å². The summed E-state index contributed by atoms with van der Waals surface area (Å²) in [5.74, 6) is -2.19. The maximum atomic E-state index is 14.4. The van der Waals surface area contributed by atoms with Gasteiger partial charge in [-0.3, -0.25) is 14.4 Å². The number of thiophene rings is 1. The molecule has 5 rings (SSSR count). The molecule has 0 bridgehead atoms. The fourth-order valence-corrected chi connectivity index (χ4v) is 6.72. The smallest absolute Gasteiger partial charge is 0.255 e. The van der Waals surface area contributed by atoms with Gasteiger partial charge in [-0.1, -0.05) is 88.2 Å². The molecule has 1 saturated heterocycles. The summed E-state index contributed by atoms with van der Waals surface area (Å²) in [6.07, 6.45) is 1.59. The average molecular weight is 634 g/mol. The van der Waals surface area contributed by atoms with Crippen LogP contribution in [-0.2, 0) is 4.79 Å². The number of carbonyl (C=O) groups excluding carboxylic acids is 3. The minimum atomic E-state index is -0.980. The molecule has 40 heavy (non-hydrogen) atoms. The first kappa shape index (κ1) is 28.0. The zero-order chi connectivity index (χ0) is 28.2. The van der Waals surface area contributed by atoms with Crippen LogP contribution in [0.4, 0.5) is 0 Å². The van der Waals surface area contributed by atoms with Gasteiger partial charge in [0.15, 0.2) is 5.78 Å². The van der Waals surface area contributed by atoms with Crippen molar-refractivity contribution in [3.63, 3.8) is 0 Å². The Bertz CT molecular complexity index is 1530. The first-order valence-electron chi connectivity index (χ1n) is 12.8. The van der Waals surface area contributed by atoms with Crippen LogP contribution in [0.5, 0.6) is 0 Å². The van der Waals surface area contributed by atoms with Gasteiger partial charge in [0.2, 0.25) is 5.91 Å². The molecule has 0 radical (unpaired) electrons. The Morgan fingerprint density at radius 2 is 1.70 bits per heavy atom. The van der Waals surface area contributed by atoms with Crippen LogP contribution in [0, 0.1) is 5.92 Å². The summed E-state index contributed by atoms with van der Waals surface area (Å²) in [5.41, 5.74) is 1.94. The Balaban J connectivity index is 1.78. The van der Waals surface area contributed by atoms with E-state index < -0.39 is 23.9 Å². The second-order valence-electron chi connectivity index (χ2n) is 9.50. The molecule has 3 aromatic carbocycles. The van der Waals surface area contributed by atoms with Crippen molar-refractivity contribution in [1.82, 2.24) is 10.2 Å². The molecule has 1 fully saturated rings. The molecule has 5 nitrogen and oxygen atoms in total. The third-order valence-corrected chi connectivity index (χ3v) is 8.75. The highest BCUT2D eigenvalue weighted by molar-refractivity contribution is 9.10. The topological polar surface area (TPSA) is 66.5 Å². The zero-order valence-electron chi connectivity index (χ0n) is 21.4. The van der Waals surface area contributed by atoms with Gasteiger partial charge in [-0.25, -0.2) is 0 Å². The second-order valence-corrected chi connectivity index (χ2v) is 11.8. The molecule has 0 aliphatic carbocycles. The van der Waals surface area contributed by atoms with E-state index in [1.807, 2.05) is 60.0 Å². The molecular weight excluding hydrogens is 608 g/mol. The SMILES string of the molecule is C=CCNC(=O)C1C(c2ccc(Cl)cc2)C(C(=O)c2cccs2)C(c2ccccc2)N1C(=O)c1cccc(Br)c1. The molecule has 4 unspecified atom stereocenters. The van der Waals surface area contributed by atoms with Crippen molar-refractivity contribution in [2.45, 2.75) is 18.0 Å². The number of hydrogen-bond donors (Lipinski definition) is 1. The van der Waals surface area contributed by atoms with Crippen molar-refractivity contribution in [2.75, 3.05) is 6.54 Å².